The number of piperidine rings is 1. The van der Waals surface area contributed by atoms with Crippen molar-refractivity contribution in [2.75, 3.05) is 40.8 Å². The first-order chi connectivity index (χ1) is 7.84. The summed E-state index contributed by atoms with van der Waals surface area (Å²) in [5.74, 6) is 0.154. The second-order valence-corrected chi connectivity index (χ2v) is 5.95. The van der Waals surface area contributed by atoms with Crippen molar-refractivity contribution in [1.82, 2.24) is 15.1 Å². The Bertz CT molecular complexity index is 257. The lowest BCUT2D eigenvalue weighted by molar-refractivity contribution is -0.130. The van der Waals surface area contributed by atoms with Gasteiger partial charge in [0.1, 0.15) is 0 Å². The number of amides is 1. The van der Waals surface area contributed by atoms with Gasteiger partial charge in [-0.05, 0) is 45.3 Å². The van der Waals surface area contributed by atoms with Gasteiger partial charge in [-0.3, -0.25) is 4.79 Å². The zero-order chi connectivity index (χ0) is 13.1. The molecule has 0 radical (unpaired) electrons. The predicted molar refractivity (Wildman–Crippen MR) is 71.0 cm³/mol. The molecule has 0 aromatic heterocycles. The van der Waals surface area contributed by atoms with E-state index >= 15 is 0 Å². The minimum Gasteiger partial charge on any atom is -0.347 e. The summed E-state index contributed by atoms with van der Waals surface area (Å²) in [6.07, 6.45) is 2.42. The molecule has 0 saturated carbocycles. The number of carbonyl (C=O) groups is 1. The highest BCUT2D eigenvalue weighted by molar-refractivity contribution is 5.80. The van der Waals surface area contributed by atoms with E-state index in [9.17, 15) is 4.79 Å². The fourth-order valence-corrected chi connectivity index (χ4v) is 2.21. The molecule has 0 bridgehead atoms. The van der Waals surface area contributed by atoms with Gasteiger partial charge >= 0.3 is 0 Å². The minimum atomic E-state index is -0.0820. The maximum absolute atomic E-state index is 11.7. The first-order valence-corrected chi connectivity index (χ1v) is 6.47. The summed E-state index contributed by atoms with van der Waals surface area (Å²) in [4.78, 5) is 15.7. The Morgan fingerprint density at radius 3 is 2.41 bits per heavy atom. The number of hydrogen-bond donors (Lipinski definition) is 1. The number of likely N-dealkylation sites (N-methyl/N-ethyl adjacent to an activating group) is 1. The zero-order valence-corrected chi connectivity index (χ0v) is 11.9. The predicted octanol–water partition coefficient (Wildman–Crippen LogP) is 0.785. The van der Waals surface area contributed by atoms with E-state index < -0.39 is 0 Å². The molecule has 0 spiro atoms. The highest BCUT2D eigenvalue weighted by atomic mass is 16.2. The van der Waals surface area contributed by atoms with E-state index in [1.54, 1.807) is 19.0 Å². The van der Waals surface area contributed by atoms with Gasteiger partial charge in [-0.1, -0.05) is 6.92 Å². The van der Waals surface area contributed by atoms with Crippen molar-refractivity contribution in [3.8, 4) is 0 Å². The molecule has 1 amide bonds. The Labute approximate surface area is 105 Å². The summed E-state index contributed by atoms with van der Waals surface area (Å²) < 4.78 is 0. The second-order valence-electron chi connectivity index (χ2n) is 5.95. The lowest BCUT2D eigenvalue weighted by Crippen LogP contribution is -2.48. The Kier molecular flexibility index (Phi) is 4.95. The van der Waals surface area contributed by atoms with Gasteiger partial charge in [-0.2, -0.15) is 0 Å². The molecule has 1 N–H and O–H groups in total. The van der Waals surface area contributed by atoms with Crippen LogP contribution < -0.4 is 5.32 Å². The molecular weight excluding hydrogens is 214 g/mol. The Hall–Kier alpha value is -0.610. The standard InChI is InChI=1S/C13H27N3O/c1-11(12(17)15(3)4)14-10-13(2)6-8-16(5)9-7-13/h11,14H,6-10H2,1-5H3. The van der Waals surface area contributed by atoms with E-state index in [0.717, 1.165) is 19.6 Å². The first kappa shape index (κ1) is 14.5. The lowest BCUT2D eigenvalue weighted by atomic mass is 9.80. The number of nitrogens with zero attached hydrogens (tertiary/aromatic N) is 2. The van der Waals surface area contributed by atoms with Crippen molar-refractivity contribution in [2.24, 2.45) is 5.41 Å². The van der Waals surface area contributed by atoms with Gasteiger partial charge in [-0.25, -0.2) is 0 Å². The van der Waals surface area contributed by atoms with E-state index in [1.807, 2.05) is 6.92 Å². The fourth-order valence-electron chi connectivity index (χ4n) is 2.21. The van der Waals surface area contributed by atoms with E-state index in [2.05, 4.69) is 24.2 Å². The lowest BCUT2D eigenvalue weighted by Gasteiger charge is -2.38. The number of likely N-dealkylation sites (tertiary alicyclic amines) is 1. The SMILES string of the molecule is CC(NCC1(C)CCN(C)CC1)C(=O)N(C)C. The van der Waals surface area contributed by atoms with Crippen LogP contribution in [0.15, 0.2) is 0 Å². The zero-order valence-electron chi connectivity index (χ0n) is 11.9. The van der Waals surface area contributed by atoms with Crippen LogP contribution in [0.1, 0.15) is 26.7 Å². The van der Waals surface area contributed by atoms with Crippen LogP contribution in [0.5, 0.6) is 0 Å². The van der Waals surface area contributed by atoms with Gasteiger partial charge < -0.3 is 15.1 Å². The molecule has 1 fully saturated rings. The molecule has 17 heavy (non-hydrogen) atoms. The summed E-state index contributed by atoms with van der Waals surface area (Å²) in [5, 5.41) is 3.38. The maximum Gasteiger partial charge on any atom is 0.238 e. The summed E-state index contributed by atoms with van der Waals surface area (Å²) in [6.45, 7) is 7.52. The highest BCUT2D eigenvalue weighted by Crippen LogP contribution is 2.29. The van der Waals surface area contributed by atoms with Crippen molar-refractivity contribution >= 4 is 5.91 Å². The van der Waals surface area contributed by atoms with Gasteiger partial charge in [0, 0.05) is 20.6 Å². The average molecular weight is 241 g/mol. The van der Waals surface area contributed by atoms with Crippen LogP contribution in [-0.2, 0) is 4.79 Å². The van der Waals surface area contributed by atoms with Crippen LogP contribution >= 0.6 is 0 Å². The second kappa shape index (κ2) is 5.83. The van der Waals surface area contributed by atoms with E-state index in [-0.39, 0.29) is 11.9 Å². The van der Waals surface area contributed by atoms with Gasteiger partial charge in [0.25, 0.3) is 0 Å². The number of nitrogens with one attached hydrogen (secondary N) is 1. The third kappa shape index (κ3) is 4.28. The van der Waals surface area contributed by atoms with Crippen LogP contribution in [0.4, 0.5) is 0 Å². The molecule has 1 aliphatic heterocycles. The average Bonchev–Trinajstić information content (AvgIpc) is 2.29. The van der Waals surface area contributed by atoms with Crippen LogP contribution in [0.2, 0.25) is 0 Å². The molecular formula is C13H27N3O. The third-order valence-electron chi connectivity index (χ3n) is 3.84. The van der Waals surface area contributed by atoms with Gasteiger partial charge in [0.05, 0.1) is 6.04 Å². The summed E-state index contributed by atoms with van der Waals surface area (Å²) in [5.41, 5.74) is 0.341. The highest BCUT2D eigenvalue weighted by Gasteiger charge is 2.29. The molecule has 0 aliphatic carbocycles. The number of carbonyl (C=O) groups excluding carboxylic acids is 1. The van der Waals surface area contributed by atoms with Crippen LogP contribution in [0.3, 0.4) is 0 Å². The number of rotatable bonds is 4. The number of hydrogen-bond acceptors (Lipinski definition) is 3. The minimum absolute atomic E-state index is 0.0820. The maximum atomic E-state index is 11.7. The van der Waals surface area contributed by atoms with Gasteiger partial charge in [-0.15, -0.1) is 0 Å². The van der Waals surface area contributed by atoms with E-state index in [0.29, 0.717) is 5.41 Å². The molecule has 0 aromatic rings. The molecule has 1 atom stereocenters. The summed E-state index contributed by atoms with van der Waals surface area (Å²) in [7, 11) is 5.78. The first-order valence-electron chi connectivity index (χ1n) is 6.47. The third-order valence-corrected chi connectivity index (χ3v) is 3.84. The van der Waals surface area contributed by atoms with Crippen LogP contribution in [0.25, 0.3) is 0 Å². The molecule has 4 heteroatoms. The van der Waals surface area contributed by atoms with Gasteiger partial charge in [0.2, 0.25) is 5.91 Å². The van der Waals surface area contributed by atoms with Crippen molar-refractivity contribution < 1.29 is 4.79 Å². The largest absolute Gasteiger partial charge is 0.347 e. The normalized spacial score (nSPS) is 22.2. The monoisotopic (exact) mass is 241 g/mol. The smallest absolute Gasteiger partial charge is 0.238 e. The Balaban J connectivity index is 2.37. The molecule has 1 aliphatic rings. The molecule has 1 saturated heterocycles. The molecule has 0 aromatic carbocycles. The quantitative estimate of drug-likeness (QED) is 0.790. The Morgan fingerprint density at radius 2 is 1.94 bits per heavy atom. The topological polar surface area (TPSA) is 35.6 Å². The van der Waals surface area contributed by atoms with Crippen LogP contribution in [-0.4, -0.2) is 62.5 Å². The Morgan fingerprint density at radius 1 is 1.41 bits per heavy atom. The summed E-state index contributed by atoms with van der Waals surface area (Å²) in [6, 6.07) is -0.0820. The van der Waals surface area contributed by atoms with Crippen molar-refractivity contribution in [1.29, 1.82) is 0 Å². The molecule has 1 unspecified atom stereocenters. The fraction of sp³-hybridized carbons (Fsp3) is 0.923. The van der Waals surface area contributed by atoms with E-state index in [4.69, 9.17) is 0 Å². The van der Waals surface area contributed by atoms with Crippen molar-refractivity contribution in [2.45, 2.75) is 32.7 Å². The summed E-state index contributed by atoms with van der Waals surface area (Å²) >= 11 is 0. The molecule has 1 heterocycles. The van der Waals surface area contributed by atoms with Gasteiger partial charge in [0.15, 0.2) is 0 Å². The van der Waals surface area contributed by atoms with Crippen molar-refractivity contribution in [3.63, 3.8) is 0 Å². The van der Waals surface area contributed by atoms with Crippen molar-refractivity contribution in [3.05, 3.63) is 0 Å². The van der Waals surface area contributed by atoms with E-state index in [1.165, 1.54) is 12.8 Å². The molecule has 100 valence electrons. The van der Waals surface area contributed by atoms with Crippen LogP contribution in [0, 0.1) is 5.41 Å². The molecule has 1 rings (SSSR count). The molecule has 4 nitrogen and oxygen atoms in total.